The largest absolute Gasteiger partial charge is 0.489 e. The molecule has 186 valence electrons. The second-order valence-electron chi connectivity index (χ2n) is 9.36. The van der Waals surface area contributed by atoms with E-state index in [-0.39, 0.29) is 24.0 Å². The maximum atomic E-state index is 12.2. The van der Waals surface area contributed by atoms with Crippen molar-refractivity contribution in [1.29, 1.82) is 0 Å². The number of allylic oxidation sites excluding steroid dienone is 3. The Labute approximate surface area is 214 Å². The van der Waals surface area contributed by atoms with Crippen LogP contribution in [-0.2, 0) is 9.53 Å². The molecule has 0 aliphatic carbocycles. The van der Waals surface area contributed by atoms with Crippen molar-refractivity contribution in [2.24, 2.45) is 0 Å². The van der Waals surface area contributed by atoms with Gasteiger partial charge < -0.3 is 14.8 Å². The first-order valence-electron chi connectivity index (χ1n) is 12.5. The number of rotatable bonds is 8. The Hall–Kier alpha value is -3.63. The number of carbonyl (C=O) groups is 1. The number of carbonyl (C=O) groups excluding carboxylic acids is 1. The van der Waals surface area contributed by atoms with Crippen LogP contribution in [0.15, 0.2) is 102 Å². The molecule has 4 rings (SSSR count). The molecule has 4 heteroatoms. The van der Waals surface area contributed by atoms with Gasteiger partial charge in [-0.1, -0.05) is 79.4 Å². The number of para-hydroxylation sites is 1. The van der Waals surface area contributed by atoms with Gasteiger partial charge in [0.25, 0.3) is 0 Å². The molecule has 3 atom stereocenters. The van der Waals surface area contributed by atoms with Crippen molar-refractivity contribution in [2.45, 2.75) is 45.3 Å². The van der Waals surface area contributed by atoms with E-state index in [0.29, 0.717) is 12.1 Å². The first kappa shape index (κ1) is 25.5. The van der Waals surface area contributed by atoms with Gasteiger partial charge in [-0.3, -0.25) is 0 Å². The van der Waals surface area contributed by atoms with Gasteiger partial charge in [-0.15, -0.1) is 0 Å². The highest BCUT2D eigenvalue weighted by Gasteiger charge is 2.30. The molecule has 1 aliphatic rings. The normalized spacial score (nSPS) is 18.8. The fourth-order valence-electron chi connectivity index (χ4n) is 5.09. The number of esters is 1. The van der Waals surface area contributed by atoms with E-state index >= 15 is 0 Å². The first-order valence-corrected chi connectivity index (χ1v) is 12.5. The summed E-state index contributed by atoms with van der Waals surface area (Å²) in [7, 11) is 1.40. The van der Waals surface area contributed by atoms with Gasteiger partial charge in [0.05, 0.1) is 12.7 Å². The number of fused-ring (bicyclic) bond motifs is 2. The molecule has 4 nitrogen and oxygen atoms in total. The van der Waals surface area contributed by atoms with Gasteiger partial charge in [-0.25, -0.2) is 4.79 Å². The number of methoxy groups -OCH3 is 1. The highest BCUT2D eigenvalue weighted by atomic mass is 16.5. The molecule has 0 saturated carbocycles. The zero-order valence-corrected chi connectivity index (χ0v) is 21.6. The zero-order valence-electron chi connectivity index (χ0n) is 21.6. The molecule has 36 heavy (non-hydrogen) atoms. The number of ether oxygens (including phenoxy) is 2. The zero-order chi connectivity index (χ0) is 25.7. The van der Waals surface area contributed by atoms with Gasteiger partial charge in [-0.2, -0.15) is 0 Å². The SMILES string of the molecule is C=C(/C=C(C)\C(=C/C)C(=O)OC)[C@@H]1C[C@H](CN[C@H](C)c2cccc3ccccc23)Oc2ccccc21. The summed E-state index contributed by atoms with van der Waals surface area (Å²) in [6, 6.07) is 23.3. The summed E-state index contributed by atoms with van der Waals surface area (Å²) in [6.45, 7) is 11.1. The summed E-state index contributed by atoms with van der Waals surface area (Å²) >= 11 is 0. The molecule has 0 spiro atoms. The molecular weight excluding hydrogens is 446 g/mol. The molecule has 0 bridgehead atoms. The van der Waals surface area contributed by atoms with E-state index in [0.717, 1.165) is 28.9 Å². The summed E-state index contributed by atoms with van der Waals surface area (Å²) in [5, 5.41) is 6.22. The van der Waals surface area contributed by atoms with E-state index in [2.05, 4.69) is 67.4 Å². The van der Waals surface area contributed by atoms with Gasteiger partial charge in [0.15, 0.2) is 0 Å². The lowest BCUT2D eigenvalue weighted by Crippen LogP contribution is -2.37. The third kappa shape index (κ3) is 5.44. The maximum absolute atomic E-state index is 12.2. The quantitative estimate of drug-likeness (QED) is 0.213. The molecule has 1 aliphatic heterocycles. The number of nitrogens with one attached hydrogen (secondary N) is 1. The molecule has 0 saturated heterocycles. The number of hydrogen-bond donors (Lipinski definition) is 1. The average Bonchev–Trinajstić information content (AvgIpc) is 2.91. The van der Waals surface area contributed by atoms with E-state index in [9.17, 15) is 4.79 Å². The Morgan fingerprint density at radius 1 is 1.14 bits per heavy atom. The van der Waals surface area contributed by atoms with Crippen LogP contribution in [0.25, 0.3) is 10.8 Å². The minimum Gasteiger partial charge on any atom is -0.489 e. The third-order valence-electron chi connectivity index (χ3n) is 7.00. The van der Waals surface area contributed by atoms with E-state index < -0.39 is 0 Å². The van der Waals surface area contributed by atoms with Crippen LogP contribution >= 0.6 is 0 Å². The van der Waals surface area contributed by atoms with Gasteiger partial charge in [-0.05, 0) is 60.7 Å². The molecule has 3 aromatic carbocycles. The van der Waals surface area contributed by atoms with Crippen molar-refractivity contribution >= 4 is 16.7 Å². The standard InChI is InChI=1S/C32H35NO3/c1-6-26(32(34)35-5)21(2)18-22(3)30-19-25(36-31-17-10-9-15-29(30)31)20-33-23(4)27-16-11-13-24-12-7-8-14-28(24)27/h6-18,23,25,30,33H,3,19-20H2,1-2,4-5H3/b21-18-,26-6+/t23-,25-,30+/m1/s1. The molecule has 0 fully saturated rings. The van der Waals surface area contributed by atoms with Gasteiger partial charge >= 0.3 is 5.97 Å². The predicted octanol–water partition coefficient (Wildman–Crippen LogP) is 7.05. The van der Waals surface area contributed by atoms with Crippen LogP contribution in [-0.4, -0.2) is 25.7 Å². The van der Waals surface area contributed by atoms with Crippen LogP contribution in [0.3, 0.4) is 0 Å². The summed E-state index contributed by atoms with van der Waals surface area (Å²) in [6.07, 6.45) is 4.58. The summed E-state index contributed by atoms with van der Waals surface area (Å²) in [5.74, 6) is 0.654. The van der Waals surface area contributed by atoms with Crippen molar-refractivity contribution in [3.8, 4) is 5.75 Å². The summed E-state index contributed by atoms with van der Waals surface area (Å²) in [5.41, 5.74) is 4.77. The highest BCUT2D eigenvalue weighted by molar-refractivity contribution is 5.93. The fraction of sp³-hybridized carbons (Fsp3) is 0.281. The second kappa shape index (κ2) is 11.4. The Morgan fingerprint density at radius 3 is 2.64 bits per heavy atom. The summed E-state index contributed by atoms with van der Waals surface area (Å²) < 4.78 is 11.3. The van der Waals surface area contributed by atoms with E-state index in [1.165, 1.54) is 23.4 Å². The lowest BCUT2D eigenvalue weighted by atomic mass is 9.83. The Balaban J connectivity index is 1.52. The summed E-state index contributed by atoms with van der Waals surface area (Å²) in [4.78, 5) is 12.2. The molecule has 1 heterocycles. The van der Waals surface area contributed by atoms with Crippen molar-refractivity contribution < 1.29 is 14.3 Å². The smallest absolute Gasteiger partial charge is 0.337 e. The van der Waals surface area contributed by atoms with E-state index in [4.69, 9.17) is 9.47 Å². The topological polar surface area (TPSA) is 47.6 Å². The van der Waals surface area contributed by atoms with E-state index in [1.807, 2.05) is 38.1 Å². The maximum Gasteiger partial charge on any atom is 0.337 e. The van der Waals surface area contributed by atoms with Gasteiger partial charge in [0.2, 0.25) is 0 Å². The Morgan fingerprint density at radius 2 is 1.86 bits per heavy atom. The fourth-order valence-corrected chi connectivity index (χ4v) is 5.09. The molecule has 0 unspecified atom stereocenters. The second-order valence-corrected chi connectivity index (χ2v) is 9.36. The van der Waals surface area contributed by atoms with Crippen LogP contribution in [0, 0.1) is 0 Å². The molecule has 3 aromatic rings. The predicted molar refractivity (Wildman–Crippen MR) is 147 cm³/mol. The monoisotopic (exact) mass is 481 g/mol. The molecular formula is C32H35NO3. The molecule has 0 radical (unpaired) electrons. The lowest BCUT2D eigenvalue weighted by molar-refractivity contribution is -0.135. The molecule has 0 amide bonds. The van der Waals surface area contributed by atoms with Crippen LogP contribution in [0.4, 0.5) is 0 Å². The Bertz CT molecular complexity index is 1310. The number of hydrogen-bond acceptors (Lipinski definition) is 4. The third-order valence-corrected chi connectivity index (χ3v) is 7.00. The van der Waals surface area contributed by atoms with Crippen LogP contribution in [0.2, 0.25) is 0 Å². The van der Waals surface area contributed by atoms with Crippen molar-refractivity contribution in [3.63, 3.8) is 0 Å². The van der Waals surface area contributed by atoms with E-state index in [1.54, 1.807) is 6.08 Å². The Kier molecular flexibility index (Phi) is 8.07. The van der Waals surface area contributed by atoms with Crippen LogP contribution in [0.1, 0.15) is 50.3 Å². The average molecular weight is 482 g/mol. The lowest BCUT2D eigenvalue weighted by Gasteiger charge is -2.34. The van der Waals surface area contributed by atoms with Gasteiger partial charge in [0.1, 0.15) is 11.9 Å². The van der Waals surface area contributed by atoms with Crippen LogP contribution in [0.5, 0.6) is 5.75 Å². The highest BCUT2D eigenvalue weighted by Crippen LogP contribution is 2.41. The molecule has 0 aromatic heterocycles. The number of benzene rings is 3. The van der Waals surface area contributed by atoms with Crippen molar-refractivity contribution in [1.82, 2.24) is 5.32 Å². The van der Waals surface area contributed by atoms with Gasteiger partial charge in [0, 0.05) is 24.1 Å². The minimum atomic E-state index is -0.337. The van der Waals surface area contributed by atoms with Crippen molar-refractivity contribution in [2.75, 3.05) is 13.7 Å². The minimum absolute atomic E-state index is 0.00502. The van der Waals surface area contributed by atoms with Crippen molar-refractivity contribution in [3.05, 3.63) is 113 Å². The van der Waals surface area contributed by atoms with Crippen LogP contribution < -0.4 is 10.1 Å². The first-order chi connectivity index (χ1) is 17.4. The molecule has 1 N–H and O–H groups in total.